The van der Waals surface area contributed by atoms with Crippen molar-refractivity contribution in [1.29, 1.82) is 0 Å². The van der Waals surface area contributed by atoms with E-state index in [0.29, 0.717) is 6.42 Å². The Kier molecular flexibility index (Phi) is 7.84. The van der Waals surface area contributed by atoms with Gasteiger partial charge in [0.15, 0.2) is 0 Å². The Balaban J connectivity index is 2.96. The summed E-state index contributed by atoms with van der Waals surface area (Å²) in [7, 11) is -5.09. The van der Waals surface area contributed by atoms with Crippen LogP contribution >= 0.6 is 0 Å². The first-order valence-electron chi connectivity index (χ1n) is 8.61. The molecule has 0 aliphatic heterocycles. The van der Waals surface area contributed by atoms with Gasteiger partial charge in [0.05, 0.1) is 18.4 Å². The van der Waals surface area contributed by atoms with Crippen LogP contribution in [0, 0.1) is 5.92 Å². The van der Waals surface area contributed by atoms with Crippen molar-refractivity contribution in [2.24, 2.45) is 5.92 Å². The molecule has 0 heterocycles. The lowest BCUT2D eigenvalue weighted by molar-refractivity contribution is -0.134. The van der Waals surface area contributed by atoms with E-state index in [9.17, 15) is 26.4 Å². The molecule has 1 rings (SSSR count). The molecule has 28 heavy (non-hydrogen) atoms. The van der Waals surface area contributed by atoms with E-state index in [1.807, 2.05) is 0 Å². The summed E-state index contributed by atoms with van der Waals surface area (Å²) in [6.07, 6.45) is -0.818. The highest BCUT2D eigenvalue weighted by Crippen LogP contribution is 2.29. The number of carbonyl (C=O) groups is 2. The lowest BCUT2D eigenvalue weighted by atomic mass is 9.83. The molecule has 1 aliphatic carbocycles. The molecule has 0 spiro atoms. The van der Waals surface area contributed by atoms with Gasteiger partial charge in [0, 0.05) is 20.0 Å². The van der Waals surface area contributed by atoms with Crippen LogP contribution in [0.2, 0.25) is 0 Å². The second kappa shape index (κ2) is 8.93. The van der Waals surface area contributed by atoms with Gasteiger partial charge in [-0.15, -0.1) is 0 Å². The predicted octanol–water partition coefficient (Wildman–Crippen LogP) is -0.0528. The second-order valence-corrected chi connectivity index (χ2v) is 11.0. The Morgan fingerprint density at radius 1 is 1.07 bits per heavy atom. The molecular formula is C15H29N3O8S2. The Labute approximate surface area is 166 Å². The van der Waals surface area contributed by atoms with Crippen LogP contribution in [0.4, 0.5) is 4.79 Å². The van der Waals surface area contributed by atoms with Crippen molar-refractivity contribution in [2.75, 3.05) is 20.4 Å². The van der Waals surface area contributed by atoms with Crippen LogP contribution in [0.1, 0.15) is 40.0 Å². The highest BCUT2D eigenvalue weighted by atomic mass is 32.2. The third-order valence-corrected chi connectivity index (χ3v) is 5.44. The molecule has 0 bridgehead atoms. The summed E-state index contributed by atoms with van der Waals surface area (Å²) in [6.45, 7) is 4.71. The third-order valence-electron chi connectivity index (χ3n) is 3.80. The molecule has 13 heteroatoms. The van der Waals surface area contributed by atoms with Gasteiger partial charge in [0.25, 0.3) is 10.1 Å². The molecule has 0 saturated heterocycles. The zero-order chi connectivity index (χ0) is 21.9. The number of rotatable bonds is 6. The fraction of sp³-hybridized carbons (Fsp3) is 0.867. The summed E-state index contributed by atoms with van der Waals surface area (Å²) < 4.78 is 61.4. The van der Waals surface area contributed by atoms with Crippen LogP contribution in [0.5, 0.6) is 0 Å². The van der Waals surface area contributed by atoms with Gasteiger partial charge >= 0.3 is 16.3 Å². The number of ether oxygens (including phenoxy) is 1. The van der Waals surface area contributed by atoms with Crippen LogP contribution in [0.3, 0.4) is 0 Å². The lowest BCUT2D eigenvalue weighted by Crippen LogP contribution is -2.54. The third kappa shape index (κ3) is 8.71. The van der Waals surface area contributed by atoms with Gasteiger partial charge in [-0.25, -0.2) is 9.52 Å². The number of hydrogen-bond donors (Lipinski definition) is 2. The fourth-order valence-electron chi connectivity index (χ4n) is 2.83. The van der Waals surface area contributed by atoms with Gasteiger partial charge < -0.3 is 9.64 Å². The van der Waals surface area contributed by atoms with E-state index < -0.39 is 50.1 Å². The molecular weight excluding hydrogens is 414 g/mol. The summed E-state index contributed by atoms with van der Waals surface area (Å²) in [5, 5.41) is 0. The van der Waals surface area contributed by atoms with Gasteiger partial charge in [-0.05, 0) is 40.0 Å². The first kappa shape index (κ1) is 24.6. The molecule has 11 nitrogen and oxygen atoms in total. The zero-order valence-corrected chi connectivity index (χ0v) is 18.5. The maximum atomic E-state index is 12.3. The molecule has 1 aliphatic rings. The first-order chi connectivity index (χ1) is 12.5. The normalized spacial score (nSPS) is 23.7. The number of hydrogen-bond acceptors (Lipinski definition) is 8. The molecule has 2 amide bonds. The van der Waals surface area contributed by atoms with E-state index in [1.165, 1.54) is 4.90 Å². The van der Waals surface area contributed by atoms with E-state index >= 15 is 0 Å². The van der Waals surface area contributed by atoms with E-state index in [2.05, 4.69) is 4.72 Å². The number of nitrogens with zero attached hydrogens (tertiary/aromatic N) is 1. The van der Waals surface area contributed by atoms with Crippen LogP contribution in [0.25, 0.3) is 0 Å². The SMILES string of the molecule is CN(C)C(=O)C1CCC(OS(C)(=O)=O)C(NS(=O)(=O)NC(=O)OC(C)(C)C)C1. The Morgan fingerprint density at radius 2 is 1.64 bits per heavy atom. The summed E-state index contributed by atoms with van der Waals surface area (Å²) in [5.74, 6) is -0.717. The highest BCUT2D eigenvalue weighted by molar-refractivity contribution is 7.88. The Bertz CT molecular complexity index is 787. The van der Waals surface area contributed by atoms with Gasteiger partial charge in [0.1, 0.15) is 5.60 Å². The van der Waals surface area contributed by atoms with Crippen molar-refractivity contribution < 1.29 is 35.3 Å². The van der Waals surface area contributed by atoms with Gasteiger partial charge in [-0.1, -0.05) is 0 Å². The lowest BCUT2D eigenvalue weighted by Gasteiger charge is -2.35. The highest BCUT2D eigenvalue weighted by Gasteiger charge is 2.39. The summed E-state index contributed by atoms with van der Waals surface area (Å²) in [5.41, 5.74) is -0.907. The molecule has 3 unspecified atom stereocenters. The first-order valence-corrected chi connectivity index (χ1v) is 11.9. The van der Waals surface area contributed by atoms with E-state index in [1.54, 1.807) is 39.6 Å². The zero-order valence-electron chi connectivity index (χ0n) is 16.9. The minimum Gasteiger partial charge on any atom is -0.443 e. The molecule has 0 aromatic carbocycles. The van der Waals surface area contributed by atoms with E-state index in [0.717, 1.165) is 6.26 Å². The molecule has 1 saturated carbocycles. The van der Waals surface area contributed by atoms with Gasteiger partial charge in [-0.3, -0.25) is 8.98 Å². The summed E-state index contributed by atoms with van der Waals surface area (Å²) in [4.78, 5) is 25.4. The second-order valence-electron chi connectivity index (χ2n) is 7.91. The molecule has 0 aromatic heterocycles. The minimum atomic E-state index is -4.38. The van der Waals surface area contributed by atoms with E-state index in [4.69, 9.17) is 8.92 Å². The predicted molar refractivity (Wildman–Crippen MR) is 101 cm³/mol. The van der Waals surface area contributed by atoms with Crippen molar-refractivity contribution in [3.8, 4) is 0 Å². The van der Waals surface area contributed by atoms with Gasteiger partial charge in [-0.2, -0.15) is 21.6 Å². The Hall–Kier alpha value is -1.44. The topological polar surface area (TPSA) is 148 Å². The molecule has 0 radical (unpaired) electrons. The monoisotopic (exact) mass is 443 g/mol. The smallest absolute Gasteiger partial charge is 0.422 e. The van der Waals surface area contributed by atoms with Crippen LogP contribution in [-0.4, -0.2) is 71.8 Å². The molecule has 164 valence electrons. The quantitative estimate of drug-likeness (QED) is 0.543. The minimum absolute atomic E-state index is 0.0203. The van der Waals surface area contributed by atoms with E-state index in [-0.39, 0.29) is 18.7 Å². The van der Waals surface area contributed by atoms with Gasteiger partial charge in [0.2, 0.25) is 5.91 Å². The van der Waals surface area contributed by atoms with Crippen molar-refractivity contribution in [3.63, 3.8) is 0 Å². The molecule has 1 fully saturated rings. The van der Waals surface area contributed by atoms with Crippen LogP contribution in [-0.2, 0) is 34.0 Å². The fourth-order valence-corrected chi connectivity index (χ4v) is 4.48. The number of nitrogens with one attached hydrogen (secondary N) is 2. The molecule has 0 aromatic rings. The summed E-state index contributed by atoms with van der Waals surface area (Å²) in [6, 6.07) is -1.03. The number of carbonyl (C=O) groups excluding carboxylic acids is 2. The molecule has 3 atom stereocenters. The average molecular weight is 444 g/mol. The van der Waals surface area contributed by atoms with Crippen molar-refractivity contribution >= 4 is 32.3 Å². The van der Waals surface area contributed by atoms with Crippen LogP contribution < -0.4 is 9.44 Å². The number of amides is 2. The maximum Gasteiger partial charge on any atom is 0.422 e. The Morgan fingerprint density at radius 3 is 2.11 bits per heavy atom. The largest absolute Gasteiger partial charge is 0.443 e. The van der Waals surface area contributed by atoms with Crippen molar-refractivity contribution in [1.82, 2.24) is 14.3 Å². The molecule has 2 N–H and O–H groups in total. The maximum absolute atomic E-state index is 12.3. The average Bonchev–Trinajstić information content (AvgIpc) is 2.43. The standard InChI is InChI=1S/C15H29N3O8S2/c1-15(2,3)25-14(20)17-28(23,24)16-11-9-10(13(19)18(4)5)7-8-12(11)26-27(6,21)22/h10-12,16H,7-9H2,1-6H3,(H,17,20). The van der Waals surface area contributed by atoms with Crippen LogP contribution in [0.15, 0.2) is 0 Å². The van der Waals surface area contributed by atoms with Crippen molar-refractivity contribution in [3.05, 3.63) is 0 Å². The van der Waals surface area contributed by atoms with Crippen molar-refractivity contribution in [2.45, 2.75) is 57.8 Å². The summed E-state index contributed by atoms with van der Waals surface area (Å²) >= 11 is 0.